The van der Waals surface area contributed by atoms with E-state index in [0.717, 1.165) is 0 Å². The maximum absolute atomic E-state index is 8.62. The largest absolute Gasteiger partial charge is 2.00 e. The van der Waals surface area contributed by atoms with Crippen LogP contribution < -0.4 is 7.23 Å². The van der Waals surface area contributed by atoms with Gasteiger partial charge in [-0.05, 0) is 0 Å². The predicted molar refractivity (Wildman–Crippen MR) is 9.19 cm³/mol. The van der Waals surface area contributed by atoms with E-state index >= 15 is 0 Å². The van der Waals surface area contributed by atoms with Gasteiger partial charge < -0.3 is 0 Å². The van der Waals surface area contributed by atoms with E-state index in [-0.39, 0.29) is 51.0 Å². The molecule has 7 nitrogen and oxygen atoms in total. The first kappa shape index (κ1) is 22.7. The van der Waals surface area contributed by atoms with Crippen molar-refractivity contribution in [3.05, 3.63) is 0 Å². The number of hydrogen-bond acceptors (Lipinski definition) is 6. The molecule has 54 valence electrons. The second-order valence-electron chi connectivity index (χ2n) is 0.447. The van der Waals surface area contributed by atoms with E-state index in [4.69, 9.17) is 20.2 Å². The van der Waals surface area contributed by atoms with Crippen molar-refractivity contribution < 1.29 is 63.3 Å². The van der Waals surface area contributed by atoms with Gasteiger partial charge in [-0.25, -0.2) is 0 Å². The maximum atomic E-state index is 8.62. The van der Waals surface area contributed by atoms with Gasteiger partial charge in [-0.1, -0.05) is 0 Å². The zero-order valence-corrected chi connectivity index (χ0v) is 14.4. The fourth-order valence-electron chi connectivity index (χ4n) is 0. The van der Waals surface area contributed by atoms with E-state index in [1.165, 1.54) is 0 Å². The van der Waals surface area contributed by atoms with Crippen LogP contribution in [0.4, 0.5) is 0 Å². The average molecular weight is 562 g/mol. The quantitative estimate of drug-likeness (QED) is 0.283. The Labute approximate surface area is 107 Å². The summed E-state index contributed by atoms with van der Waals surface area (Å²) in [6.45, 7) is 0. The van der Waals surface area contributed by atoms with Crippen LogP contribution in [0.25, 0.3) is 0 Å². The second-order valence-corrected chi connectivity index (χ2v) is 3.66. The van der Waals surface area contributed by atoms with Gasteiger partial charge in [0.1, 0.15) is 0 Å². The number of hydrogen-bond donors (Lipinski definition) is 0. The van der Waals surface area contributed by atoms with Crippen molar-refractivity contribution in [2.75, 3.05) is 0 Å². The van der Waals surface area contributed by atoms with E-state index < -0.39 is 37.6 Å². The van der Waals surface area contributed by atoms with Crippen molar-refractivity contribution in [1.29, 1.82) is 0 Å². The molecule has 10 heavy (non-hydrogen) atoms. The Morgan fingerprint density at radius 2 is 0.800 bits per heavy atom. The summed E-state index contributed by atoms with van der Waals surface area (Å²) >= 11 is -8.69. The molecule has 0 aromatic rings. The van der Waals surface area contributed by atoms with E-state index in [2.05, 4.69) is 0 Å². The molecule has 0 atom stereocenters. The van der Waals surface area contributed by atoms with Crippen molar-refractivity contribution in [2.24, 2.45) is 0 Å². The summed E-state index contributed by atoms with van der Waals surface area (Å²) in [5.41, 5.74) is 0. The minimum atomic E-state index is -4.34. The Balaban J connectivity index is -0.0000000300. The average Bonchev–Trinajstić information content (AvgIpc) is 1.25. The molecular weight excluding hydrogens is 562 g/mol. The van der Waals surface area contributed by atoms with Gasteiger partial charge >= 0.3 is 103 Å². The molecule has 2 radical (unpaired) electrons. The normalized spacial score (nSPS) is 5.00. The molecule has 0 aliphatic rings. The predicted octanol–water partition coefficient (Wildman–Crippen LogP) is -3.36. The molecule has 0 rings (SSSR count). The first-order valence-electron chi connectivity index (χ1n) is 1.10. The molecule has 0 fully saturated rings. The first-order valence-corrected chi connectivity index (χ1v) is 8.97. The van der Waals surface area contributed by atoms with Gasteiger partial charge in [0.25, 0.3) is 0 Å². The van der Waals surface area contributed by atoms with E-state index in [0.29, 0.717) is 0 Å². The van der Waals surface area contributed by atoms with Crippen LogP contribution in [0.3, 0.4) is 0 Å². The van der Waals surface area contributed by atoms with E-state index in [1.807, 2.05) is 0 Å². The third-order valence-electron chi connectivity index (χ3n) is 0. The Morgan fingerprint density at radius 1 is 0.800 bits per heavy atom. The van der Waals surface area contributed by atoms with Crippen LogP contribution >= 0.6 is 0 Å². The van der Waals surface area contributed by atoms with Gasteiger partial charge in [-0.2, -0.15) is 0 Å². The van der Waals surface area contributed by atoms with E-state index in [1.54, 1.807) is 0 Å². The van der Waals surface area contributed by atoms with Crippen LogP contribution in [0.1, 0.15) is 0 Å². The van der Waals surface area contributed by atoms with Crippen molar-refractivity contribution in [2.45, 2.75) is 0 Å². The van der Waals surface area contributed by atoms with Crippen LogP contribution in [0.15, 0.2) is 0 Å². The molecule has 0 aromatic carbocycles. The second kappa shape index (κ2) is 17.2. The van der Waals surface area contributed by atoms with Gasteiger partial charge in [0.15, 0.2) is 0 Å². The molecule has 0 N–H and O–H groups in total. The monoisotopic (exact) mass is 562 g/mol. The van der Waals surface area contributed by atoms with Gasteiger partial charge in [-0.3, -0.25) is 0 Å². The topological polar surface area (TPSA) is 143 Å². The zero-order chi connectivity index (χ0) is 7.15. The van der Waals surface area contributed by atoms with Crippen LogP contribution in [-0.2, 0) is 56.0 Å². The summed E-state index contributed by atoms with van der Waals surface area (Å²) in [6.07, 6.45) is 0. The van der Waals surface area contributed by atoms with Crippen molar-refractivity contribution in [1.82, 2.24) is 0 Å². The summed E-state index contributed by atoms with van der Waals surface area (Å²) in [5.74, 6) is 0. The Kier molecular flexibility index (Phi) is 39.1. The van der Waals surface area contributed by atoms with Crippen LogP contribution in [0.5, 0.6) is 0 Å². The van der Waals surface area contributed by atoms with Crippen molar-refractivity contribution in [3.63, 3.8) is 0 Å². The molecule has 0 saturated heterocycles. The molecule has 0 aliphatic carbocycles. The Morgan fingerprint density at radius 3 is 0.800 bits per heavy atom. The number of rotatable bonds is 0. The molecule has 0 saturated carbocycles. The SMILES string of the molecule is [O].[O]=[Ta](=[O])[O-].[O]=[Ta](=[O])[O-].[Sr+2]. The minimum absolute atomic E-state index is 0. The zero-order valence-electron chi connectivity index (χ0n) is 4.46. The summed E-state index contributed by atoms with van der Waals surface area (Å²) in [4.78, 5) is 0. The first-order chi connectivity index (χ1) is 3.46. The summed E-state index contributed by atoms with van der Waals surface area (Å²) in [6, 6.07) is 0. The Bertz CT molecular complexity index is 128. The molecule has 0 unspecified atom stereocenters. The standard InChI is InChI=1S/7O.Sr.2Ta/q;;;;;2*-1;+2;;. The molecule has 0 heterocycles. The van der Waals surface area contributed by atoms with Gasteiger partial charge in [0.05, 0.1) is 0 Å². The van der Waals surface area contributed by atoms with Crippen LogP contribution in [-0.4, -0.2) is 45.5 Å². The maximum Gasteiger partial charge on any atom is 2.00 e. The van der Waals surface area contributed by atoms with Gasteiger partial charge in [0.2, 0.25) is 0 Å². The molecule has 0 aromatic heterocycles. The molecule has 0 aliphatic heterocycles. The van der Waals surface area contributed by atoms with Gasteiger partial charge in [0, 0.05) is 5.48 Å². The molecule has 0 bridgehead atoms. The molecule has 10 heteroatoms. The minimum Gasteiger partial charge on any atom is 2.00 e. The fraction of sp³-hybridized carbons (Fsp3) is 0. The third-order valence-corrected chi connectivity index (χ3v) is 0. The summed E-state index contributed by atoms with van der Waals surface area (Å²) in [7, 11) is 0. The Hall–Kier alpha value is 2.04. The van der Waals surface area contributed by atoms with Crippen molar-refractivity contribution in [3.8, 4) is 0 Å². The summed E-state index contributed by atoms with van der Waals surface area (Å²) < 4.78 is 51.7. The third kappa shape index (κ3) is 197. The fourth-order valence-corrected chi connectivity index (χ4v) is 0. The molecule has 0 amide bonds. The summed E-state index contributed by atoms with van der Waals surface area (Å²) in [5, 5.41) is 0. The van der Waals surface area contributed by atoms with Crippen LogP contribution in [0, 0.1) is 0 Å². The van der Waals surface area contributed by atoms with E-state index in [9.17, 15) is 0 Å². The van der Waals surface area contributed by atoms with Crippen LogP contribution in [0.2, 0.25) is 0 Å². The smallest absolute Gasteiger partial charge is 2.00 e. The van der Waals surface area contributed by atoms with Gasteiger partial charge in [-0.15, -0.1) is 0 Å². The molecule has 0 spiro atoms. The van der Waals surface area contributed by atoms with Crippen molar-refractivity contribution >= 4 is 45.5 Å². The molecular formula is O7SrTa2.